The number of nitrogens with one attached hydrogen (secondary N) is 1. The fourth-order valence-electron chi connectivity index (χ4n) is 3.27. The summed E-state index contributed by atoms with van der Waals surface area (Å²) in [6.07, 6.45) is 5.13. The summed E-state index contributed by atoms with van der Waals surface area (Å²) in [6, 6.07) is 7.49. The van der Waals surface area contributed by atoms with Crippen molar-refractivity contribution in [2.24, 2.45) is 11.8 Å². The average Bonchev–Trinajstić information content (AvgIpc) is 2.91. The van der Waals surface area contributed by atoms with Gasteiger partial charge in [0.15, 0.2) is 0 Å². The molecule has 2 nitrogen and oxygen atoms in total. The van der Waals surface area contributed by atoms with E-state index < -0.39 is 0 Å². The molecule has 90 valence electrons. The molecule has 0 radical (unpaired) electrons. The predicted octanol–water partition coefficient (Wildman–Crippen LogP) is 3.26. The molecule has 0 heterocycles. The summed E-state index contributed by atoms with van der Waals surface area (Å²) in [5.74, 6) is 1.62. The smallest absolute Gasteiger partial charge is 0.251 e. The van der Waals surface area contributed by atoms with Gasteiger partial charge in [-0.1, -0.05) is 18.0 Å². The van der Waals surface area contributed by atoms with Crippen LogP contribution < -0.4 is 5.32 Å². The van der Waals surface area contributed by atoms with Gasteiger partial charge in [-0.2, -0.15) is 0 Å². The molecule has 2 saturated carbocycles. The highest BCUT2D eigenvalue weighted by atomic mass is 35.5. The van der Waals surface area contributed by atoms with Gasteiger partial charge < -0.3 is 5.32 Å². The average molecular weight is 250 g/mol. The second-order valence-electron chi connectivity index (χ2n) is 5.26. The van der Waals surface area contributed by atoms with Crippen LogP contribution in [-0.2, 0) is 0 Å². The summed E-state index contributed by atoms with van der Waals surface area (Å²) >= 11 is 5.81. The topological polar surface area (TPSA) is 29.1 Å². The van der Waals surface area contributed by atoms with Crippen LogP contribution in [0, 0.1) is 11.8 Å². The van der Waals surface area contributed by atoms with Gasteiger partial charge >= 0.3 is 0 Å². The first-order valence-corrected chi connectivity index (χ1v) is 6.66. The molecule has 2 bridgehead atoms. The molecule has 1 amide bonds. The summed E-state index contributed by atoms with van der Waals surface area (Å²) in [5.41, 5.74) is 0.706. The van der Waals surface area contributed by atoms with Crippen LogP contribution in [0.4, 0.5) is 0 Å². The summed E-state index contributed by atoms with van der Waals surface area (Å²) in [7, 11) is 0. The Morgan fingerprint density at radius 1 is 1.18 bits per heavy atom. The van der Waals surface area contributed by atoms with Gasteiger partial charge in [-0.25, -0.2) is 0 Å². The maximum Gasteiger partial charge on any atom is 0.251 e. The number of fused-ring (bicyclic) bond motifs is 2. The van der Waals surface area contributed by atoms with Crippen LogP contribution in [0.25, 0.3) is 0 Å². The molecule has 0 unspecified atom stereocenters. The lowest BCUT2D eigenvalue weighted by Gasteiger charge is -2.22. The number of amides is 1. The summed E-state index contributed by atoms with van der Waals surface area (Å²) < 4.78 is 0. The Morgan fingerprint density at radius 2 is 1.94 bits per heavy atom. The molecule has 3 atom stereocenters. The van der Waals surface area contributed by atoms with Crippen molar-refractivity contribution >= 4 is 17.5 Å². The van der Waals surface area contributed by atoms with Crippen molar-refractivity contribution in [3.63, 3.8) is 0 Å². The van der Waals surface area contributed by atoms with Crippen molar-refractivity contribution in [2.75, 3.05) is 0 Å². The SMILES string of the molecule is O=C(N[C@@H]1C[C@H]2CC[C@H]1C2)c1ccc(Cl)cc1. The minimum atomic E-state index is 0.0409. The van der Waals surface area contributed by atoms with E-state index in [0.29, 0.717) is 16.6 Å². The number of hydrogen-bond donors (Lipinski definition) is 1. The maximum absolute atomic E-state index is 12.0. The first-order chi connectivity index (χ1) is 8.22. The molecule has 0 aliphatic heterocycles. The number of halogens is 1. The first kappa shape index (κ1) is 11.1. The first-order valence-electron chi connectivity index (χ1n) is 6.29. The summed E-state index contributed by atoms with van der Waals surface area (Å²) in [5, 5.41) is 3.83. The molecule has 2 aliphatic carbocycles. The standard InChI is InChI=1S/C14H16ClNO/c15-12-5-3-10(4-6-12)14(17)16-13-8-9-1-2-11(13)7-9/h3-6,9,11,13H,1-2,7-8H2,(H,16,17)/t9-,11-,13+/m0/s1. The van der Waals surface area contributed by atoms with Crippen LogP contribution in [0.5, 0.6) is 0 Å². The van der Waals surface area contributed by atoms with Gasteiger partial charge in [0.05, 0.1) is 0 Å². The van der Waals surface area contributed by atoms with E-state index in [4.69, 9.17) is 11.6 Å². The molecule has 3 heteroatoms. The van der Waals surface area contributed by atoms with Gasteiger partial charge in [0.25, 0.3) is 5.91 Å². The van der Waals surface area contributed by atoms with Gasteiger partial charge in [-0.15, -0.1) is 0 Å². The van der Waals surface area contributed by atoms with Crippen molar-refractivity contribution in [3.05, 3.63) is 34.9 Å². The van der Waals surface area contributed by atoms with Crippen molar-refractivity contribution in [2.45, 2.75) is 31.7 Å². The Labute approximate surface area is 106 Å². The third-order valence-electron chi connectivity index (χ3n) is 4.16. The quantitative estimate of drug-likeness (QED) is 0.857. The molecule has 2 aliphatic rings. The molecule has 0 aromatic heterocycles. The summed E-state index contributed by atoms with van der Waals surface area (Å²) in [4.78, 5) is 12.0. The zero-order valence-electron chi connectivity index (χ0n) is 9.66. The van der Waals surface area contributed by atoms with E-state index in [1.165, 1.54) is 25.7 Å². The lowest BCUT2D eigenvalue weighted by molar-refractivity contribution is 0.0923. The third-order valence-corrected chi connectivity index (χ3v) is 4.41. The van der Waals surface area contributed by atoms with E-state index in [2.05, 4.69) is 5.32 Å². The Kier molecular flexibility index (Phi) is 2.83. The molecule has 1 aromatic carbocycles. The van der Waals surface area contributed by atoms with Gasteiger partial charge in [-0.05, 0) is 55.4 Å². The highest BCUT2D eigenvalue weighted by Crippen LogP contribution is 2.44. The van der Waals surface area contributed by atoms with E-state index in [1.807, 2.05) is 0 Å². The Hall–Kier alpha value is -1.02. The molecule has 2 fully saturated rings. The molecular weight excluding hydrogens is 234 g/mol. The molecule has 17 heavy (non-hydrogen) atoms. The fraction of sp³-hybridized carbons (Fsp3) is 0.500. The number of rotatable bonds is 2. The third kappa shape index (κ3) is 2.19. The van der Waals surface area contributed by atoms with Crippen LogP contribution in [0.3, 0.4) is 0 Å². The van der Waals surface area contributed by atoms with E-state index in [9.17, 15) is 4.79 Å². The number of carbonyl (C=O) groups is 1. The second kappa shape index (κ2) is 4.34. The molecule has 1 aromatic rings. The van der Waals surface area contributed by atoms with E-state index in [-0.39, 0.29) is 5.91 Å². The number of hydrogen-bond acceptors (Lipinski definition) is 1. The van der Waals surface area contributed by atoms with E-state index >= 15 is 0 Å². The zero-order chi connectivity index (χ0) is 11.8. The zero-order valence-corrected chi connectivity index (χ0v) is 10.4. The minimum Gasteiger partial charge on any atom is -0.349 e. The summed E-state index contributed by atoms with van der Waals surface area (Å²) in [6.45, 7) is 0. The fourth-order valence-corrected chi connectivity index (χ4v) is 3.40. The van der Waals surface area contributed by atoms with Crippen LogP contribution in [0.1, 0.15) is 36.0 Å². The molecule has 3 rings (SSSR count). The number of carbonyl (C=O) groups excluding carboxylic acids is 1. The largest absolute Gasteiger partial charge is 0.349 e. The minimum absolute atomic E-state index is 0.0409. The van der Waals surface area contributed by atoms with Crippen LogP contribution in [0.15, 0.2) is 24.3 Å². The van der Waals surface area contributed by atoms with E-state index in [0.717, 1.165) is 11.8 Å². The van der Waals surface area contributed by atoms with Crippen molar-refractivity contribution in [3.8, 4) is 0 Å². The lowest BCUT2D eigenvalue weighted by atomic mass is 9.95. The predicted molar refractivity (Wildman–Crippen MR) is 68.2 cm³/mol. The Balaban J connectivity index is 1.65. The molecule has 0 spiro atoms. The lowest BCUT2D eigenvalue weighted by Crippen LogP contribution is -2.38. The van der Waals surface area contributed by atoms with Crippen molar-refractivity contribution in [1.29, 1.82) is 0 Å². The Bertz CT molecular complexity index is 428. The normalized spacial score (nSPS) is 30.5. The molecule has 1 N–H and O–H groups in total. The van der Waals surface area contributed by atoms with Crippen molar-refractivity contribution < 1.29 is 4.79 Å². The molecular formula is C14H16ClNO. The van der Waals surface area contributed by atoms with Crippen molar-refractivity contribution in [1.82, 2.24) is 5.32 Å². The molecule has 0 saturated heterocycles. The van der Waals surface area contributed by atoms with Gasteiger partial charge in [0, 0.05) is 16.6 Å². The van der Waals surface area contributed by atoms with Gasteiger partial charge in [0.1, 0.15) is 0 Å². The Morgan fingerprint density at radius 3 is 2.53 bits per heavy atom. The van der Waals surface area contributed by atoms with Crippen LogP contribution in [0.2, 0.25) is 5.02 Å². The van der Waals surface area contributed by atoms with Crippen LogP contribution >= 0.6 is 11.6 Å². The number of benzene rings is 1. The maximum atomic E-state index is 12.0. The van der Waals surface area contributed by atoms with Gasteiger partial charge in [0.2, 0.25) is 0 Å². The van der Waals surface area contributed by atoms with Gasteiger partial charge in [-0.3, -0.25) is 4.79 Å². The van der Waals surface area contributed by atoms with Crippen LogP contribution in [-0.4, -0.2) is 11.9 Å². The van der Waals surface area contributed by atoms with E-state index in [1.54, 1.807) is 24.3 Å². The monoisotopic (exact) mass is 249 g/mol. The highest BCUT2D eigenvalue weighted by molar-refractivity contribution is 6.30. The second-order valence-corrected chi connectivity index (χ2v) is 5.70. The highest BCUT2D eigenvalue weighted by Gasteiger charge is 2.40.